The van der Waals surface area contributed by atoms with E-state index in [9.17, 15) is 4.79 Å². The summed E-state index contributed by atoms with van der Waals surface area (Å²) in [5, 5.41) is 3.07. The monoisotopic (exact) mass is 319 g/mol. The van der Waals surface area contributed by atoms with Gasteiger partial charge >= 0.3 is 0 Å². The molecular weight excluding hydrogens is 302 g/mol. The van der Waals surface area contributed by atoms with Crippen molar-refractivity contribution in [2.24, 2.45) is 0 Å². The highest BCUT2D eigenvalue weighted by molar-refractivity contribution is 6.33. The van der Waals surface area contributed by atoms with Gasteiger partial charge in [-0.3, -0.25) is 4.79 Å². The number of pyridine rings is 1. The van der Waals surface area contributed by atoms with E-state index in [0.29, 0.717) is 16.6 Å². The Morgan fingerprint density at radius 1 is 1.41 bits per heavy atom. The van der Waals surface area contributed by atoms with E-state index in [2.05, 4.69) is 10.3 Å². The van der Waals surface area contributed by atoms with Gasteiger partial charge in [-0.2, -0.15) is 0 Å². The number of anilines is 2. The van der Waals surface area contributed by atoms with Gasteiger partial charge in [0.2, 0.25) is 0 Å². The van der Waals surface area contributed by atoms with Gasteiger partial charge in [0.05, 0.1) is 10.7 Å². The van der Waals surface area contributed by atoms with Crippen molar-refractivity contribution < 1.29 is 9.53 Å². The number of carbonyl (C=O) groups is 1. The third kappa shape index (κ3) is 3.68. The second-order valence-corrected chi connectivity index (χ2v) is 5.21. The van der Waals surface area contributed by atoms with Crippen LogP contribution < -0.4 is 15.0 Å². The molecule has 0 aliphatic rings. The molecule has 1 aromatic heterocycles. The van der Waals surface area contributed by atoms with E-state index >= 15 is 0 Å². The molecule has 0 saturated carbocycles. The lowest BCUT2D eigenvalue weighted by atomic mass is 10.2. The van der Waals surface area contributed by atoms with Crippen LogP contribution in [0.15, 0.2) is 36.5 Å². The molecule has 0 fully saturated rings. The van der Waals surface area contributed by atoms with Gasteiger partial charge in [-0.15, -0.1) is 0 Å². The maximum Gasteiger partial charge on any atom is 0.257 e. The standard InChI is InChI=1S/C16H18ClN3O2/c1-11-6-7-14(22-10-15(21)18-2)13(9-11)20(3)16-12(17)5-4-8-19-16/h4-9H,10H2,1-3H3,(H,18,21). The smallest absolute Gasteiger partial charge is 0.257 e. The predicted molar refractivity (Wildman–Crippen MR) is 88.1 cm³/mol. The van der Waals surface area contributed by atoms with Crippen LogP contribution in [0.1, 0.15) is 5.56 Å². The number of hydrogen-bond acceptors (Lipinski definition) is 4. The summed E-state index contributed by atoms with van der Waals surface area (Å²) < 4.78 is 5.60. The van der Waals surface area contributed by atoms with Crippen LogP contribution in [0.2, 0.25) is 5.02 Å². The van der Waals surface area contributed by atoms with Crippen LogP contribution in [0.3, 0.4) is 0 Å². The molecule has 0 radical (unpaired) electrons. The fraction of sp³-hybridized carbons (Fsp3) is 0.250. The van der Waals surface area contributed by atoms with E-state index in [1.807, 2.05) is 37.1 Å². The summed E-state index contributed by atoms with van der Waals surface area (Å²) >= 11 is 6.20. The molecule has 2 aromatic rings. The highest BCUT2D eigenvalue weighted by Crippen LogP contribution is 2.35. The van der Waals surface area contributed by atoms with E-state index in [1.54, 1.807) is 25.4 Å². The second kappa shape index (κ2) is 7.13. The number of nitrogens with one attached hydrogen (secondary N) is 1. The first-order valence-corrected chi connectivity index (χ1v) is 7.19. The minimum absolute atomic E-state index is 0.0453. The van der Waals surface area contributed by atoms with Gasteiger partial charge in [0.1, 0.15) is 5.75 Å². The average Bonchev–Trinajstić information content (AvgIpc) is 2.53. The van der Waals surface area contributed by atoms with Crippen molar-refractivity contribution in [1.29, 1.82) is 0 Å². The molecular formula is C16H18ClN3O2. The molecule has 1 N–H and O–H groups in total. The number of aryl methyl sites for hydroxylation is 1. The van der Waals surface area contributed by atoms with Gasteiger partial charge < -0.3 is 15.0 Å². The molecule has 116 valence electrons. The van der Waals surface area contributed by atoms with Crippen molar-refractivity contribution in [3.05, 3.63) is 47.1 Å². The fourth-order valence-electron chi connectivity index (χ4n) is 1.97. The summed E-state index contributed by atoms with van der Waals surface area (Å²) in [5.74, 6) is 1.03. The third-order valence-corrected chi connectivity index (χ3v) is 3.47. The lowest BCUT2D eigenvalue weighted by molar-refractivity contribution is -0.122. The molecule has 0 atom stereocenters. The molecule has 22 heavy (non-hydrogen) atoms. The number of ether oxygens (including phenoxy) is 1. The lowest BCUT2D eigenvalue weighted by Gasteiger charge is -2.22. The first-order chi connectivity index (χ1) is 10.5. The van der Waals surface area contributed by atoms with Gasteiger partial charge in [0.25, 0.3) is 5.91 Å². The molecule has 0 unspecified atom stereocenters. The van der Waals surface area contributed by atoms with Gasteiger partial charge in [0, 0.05) is 20.3 Å². The summed E-state index contributed by atoms with van der Waals surface area (Å²) in [7, 11) is 3.43. The van der Waals surface area contributed by atoms with Gasteiger partial charge in [-0.1, -0.05) is 17.7 Å². The Hall–Kier alpha value is -2.27. The summed E-state index contributed by atoms with van der Waals surface area (Å²) in [6, 6.07) is 9.28. The Labute approximate surface area is 134 Å². The summed E-state index contributed by atoms with van der Waals surface area (Å²) in [6.45, 7) is 1.94. The SMILES string of the molecule is CNC(=O)COc1ccc(C)cc1N(C)c1ncccc1Cl. The van der Waals surface area contributed by atoms with E-state index in [4.69, 9.17) is 16.3 Å². The summed E-state index contributed by atoms with van der Waals surface area (Å²) in [5.41, 5.74) is 1.87. The third-order valence-electron chi connectivity index (χ3n) is 3.17. The molecule has 0 aliphatic heterocycles. The maximum atomic E-state index is 11.4. The predicted octanol–water partition coefficient (Wildman–Crippen LogP) is 2.94. The van der Waals surface area contributed by atoms with Gasteiger partial charge in [-0.25, -0.2) is 4.98 Å². The quantitative estimate of drug-likeness (QED) is 0.920. The van der Waals surface area contributed by atoms with Gasteiger partial charge in [-0.05, 0) is 36.8 Å². The highest BCUT2D eigenvalue weighted by Gasteiger charge is 2.15. The van der Waals surface area contributed by atoms with E-state index in [1.165, 1.54) is 0 Å². The molecule has 1 amide bonds. The van der Waals surface area contributed by atoms with Crippen molar-refractivity contribution in [1.82, 2.24) is 10.3 Å². The van der Waals surface area contributed by atoms with Crippen LogP contribution >= 0.6 is 11.6 Å². The zero-order valence-electron chi connectivity index (χ0n) is 12.8. The highest BCUT2D eigenvalue weighted by atomic mass is 35.5. The Kier molecular flexibility index (Phi) is 5.22. The van der Waals surface area contributed by atoms with Crippen LogP contribution in [0, 0.1) is 6.92 Å². The van der Waals surface area contributed by atoms with Crippen molar-refractivity contribution in [2.45, 2.75) is 6.92 Å². The largest absolute Gasteiger partial charge is 0.482 e. The molecule has 5 nitrogen and oxygen atoms in total. The van der Waals surface area contributed by atoms with E-state index < -0.39 is 0 Å². The summed E-state index contributed by atoms with van der Waals surface area (Å²) in [4.78, 5) is 17.5. The number of hydrogen-bond donors (Lipinski definition) is 1. The number of likely N-dealkylation sites (N-methyl/N-ethyl adjacent to an activating group) is 1. The molecule has 6 heteroatoms. The number of carbonyl (C=O) groups excluding carboxylic acids is 1. The van der Waals surface area contributed by atoms with E-state index in [0.717, 1.165) is 11.3 Å². The zero-order valence-corrected chi connectivity index (χ0v) is 13.5. The average molecular weight is 320 g/mol. The van der Waals surface area contributed by atoms with Crippen molar-refractivity contribution in [3.63, 3.8) is 0 Å². The van der Waals surface area contributed by atoms with Crippen LogP contribution in [0.5, 0.6) is 5.75 Å². The number of rotatable bonds is 5. The second-order valence-electron chi connectivity index (χ2n) is 4.80. The molecule has 0 aliphatic carbocycles. The number of aromatic nitrogens is 1. The maximum absolute atomic E-state index is 11.4. The van der Waals surface area contributed by atoms with Crippen molar-refractivity contribution in [3.8, 4) is 5.75 Å². The molecule has 1 aromatic carbocycles. The Morgan fingerprint density at radius 3 is 2.86 bits per heavy atom. The number of nitrogens with zero attached hydrogens (tertiary/aromatic N) is 2. The summed E-state index contributed by atoms with van der Waals surface area (Å²) in [6.07, 6.45) is 1.68. The normalized spacial score (nSPS) is 10.2. The van der Waals surface area contributed by atoms with Crippen molar-refractivity contribution in [2.75, 3.05) is 25.6 Å². The first kappa shape index (κ1) is 16.1. The number of halogens is 1. The van der Waals surface area contributed by atoms with E-state index in [-0.39, 0.29) is 12.5 Å². The van der Waals surface area contributed by atoms with Gasteiger partial charge in [0.15, 0.2) is 12.4 Å². The van der Waals surface area contributed by atoms with Crippen LogP contribution in [0.25, 0.3) is 0 Å². The number of amides is 1. The molecule has 0 spiro atoms. The Balaban J connectivity index is 2.34. The van der Waals surface area contributed by atoms with Crippen LogP contribution in [-0.2, 0) is 4.79 Å². The van der Waals surface area contributed by atoms with Crippen LogP contribution in [0.4, 0.5) is 11.5 Å². The Morgan fingerprint density at radius 2 is 2.18 bits per heavy atom. The lowest BCUT2D eigenvalue weighted by Crippen LogP contribution is -2.25. The Bertz CT molecular complexity index is 676. The molecule has 0 bridgehead atoms. The fourth-order valence-corrected chi connectivity index (χ4v) is 2.21. The zero-order chi connectivity index (χ0) is 16.1. The molecule has 0 saturated heterocycles. The minimum atomic E-state index is -0.190. The van der Waals surface area contributed by atoms with Crippen molar-refractivity contribution >= 4 is 29.0 Å². The van der Waals surface area contributed by atoms with Crippen LogP contribution in [-0.4, -0.2) is 31.6 Å². The minimum Gasteiger partial charge on any atom is -0.482 e. The molecule has 1 heterocycles. The molecule has 2 rings (SSSR count). The number of benzene rings is 1. The first-order valence-electron chi connectivity index (χ1n) is 6.81. The topological polar surface area (TPSA) is 54.5 Å².